The van der Waals surface area contributed by atoms with Crippen molar-refractivity contribution in [2.24, 2.45) is 0 Å². The van der Waals surface area contributed by atoms with E-state index in [0.29, 0.717) is 0 Å². The molecule has 0 spiro atoms. The number of aryl methyl sites for hydroxylation is 4. The van der Waals surface area contributed by atoms with Crippen LogP contribution in [0.5, 0.6) is 0 Å². The van der Waals surface area contributed by atoms with Crippen LogP contribution in [0.25, 0.3) is 11.1 Å². The second-order valence-corrected chi connectivity index (χ2v) is 9.67. The maximum absolute atomic E-state index is 2.55. The number of unbranched alkanes of at least 4 members (excludes halogenated alkanes) is 6. The van der Waals surface area contributed by atoms with E-state index in [4.69, 9.17) is 0 Å². The van der Waals surface area contributed by atoms with Crippen molar-refractivity contribution >= 4 is 0 Å². The zero-order chi connectivity index (χ0) is 21.0. The van der Waals surface area contributed by atoms with Gasteiger partial charge in [-0.1, -0.05) is 89.5 Å². The van der Waals surface area contributed by atoms with Crippen molar-refractivity contribution in [2.45, 2.75) is 111 Å². The molecule has 0 saturated carbocycles. The smallest absolute Gasteiger partial charge is 0.0215 e. The molecule has 1 aliphatic carbocycles. The van der Waals surface area contributed by atoms with Gasteiger partial charge in [0.05, 0.1) is 0 Å². The van der Waals surface area contributed by atoms with Crippen LogP contribution in [0.15, 0.2) is 24.3 Å². The molecule has 2 aromatic rings. The van der Waals surface area contributed by atoms with Gasteiger partial charge in [0.2, 0.25) is 0 Å². The first-order chi connectivity index (χ1) is 13.9. The summed E-state index contributed by atoms with van der Waals surface area (Å²) in [7, 11) is 0. The van der Waals surface area contributed by atoms with Crippen LogP contribution >= 0.6 is 0 Å². The summed E-state index contributed by atoms with van der Waals surface area (Å²) in [4.78, 5) is 0. The lowest BCUT2D eigenvalue weighted by Gasteiger charge is -2.33. The topological polar surface area (TPSA) is 0 Å². The average molecular weight is 391 g/mol. The minimum absolute atomic E-state index is 0.225. The van der Waals surface area contributed by atoms with E-state index in [1.54, 1.807) is 11.1 Å². The fourth-order valence-corrected chi connectivity index (χ4v) is 5.39. The molecule has 158 valence electrons. The highest BCUT2D eigenvalue weighted by molar-refractivity contribution is 5.83. The Balaban J connectivity index is 2.11. The molecule has 0 amide bonds. The summed E-state index contributed by atoms with van der Waals surface area (Å²) in [5.74, 6) is 0. The highest BCUT2D eigenvalue weighted by atomic mass is 14.5. The van der Waals surface area contributed by atoms with Crippen molar-refractivity contribution in [1.82, 2.24) is 0 Å². The van der Waals surface area contributed by atoms with E-state index in [0.717, 1.165) is 0 Å². The molecule has 0 fully saturated rings. The number of hydrogen-bond donors (Lipinski definition) is 0. The fraction of sp³-hybridized carbons (Fsp3) is 0.586. The molecule has 0 heterocycles. The van der Waals surface area contributed by atoms with E-state index in [9.17, 15) is 0 Å². The van der Waals surface area contributed by atoms with Crippen LogP contribution in [0.2, 0.25) is 0 Å². The molecule has 0 bridgehead atoms. The van der Waals surface area contributed by atoms with Gasteiger partial charge in [-0.15, -0.1) is 0 Å². The third-order valence-electron chi connectivity index (χ3n) is 7.50. The van der Waals surface area contributed by atoms with Crippen LogP contribution in [0.4, 0.5) is 0 Å². The van der Waals surface area contributed by atoms with Gasteiger partial charge in [0.1, 0.15) is 0 Å². The van der Waals surface area contributed by atoms with Crippen molar-refractivity contribution < 1.29 is 0 Å². The molecule has 2 aromatic carbocycles. The first-order valence-corrected chi connectivity index (χ1v) is 12.2. The van der Waals surface area contributed by atoms with Gasteiger partial charge in [-0.05, 0) is 85.0 Å². The van der Waals surface area contributed by atoms with Gasteiger partial charge in [0, 0.05) is 5.41 Å². The zero-order valence-corrected chi connectivity index (χ0v) is 19.9. The third-order valence-corrected chi connectivity index (χ3v) is 7.50. The summed E-state index contributed by atoms with van der Waals surface area (Å²) in [6.07, 6.45) is 13.4. The SMILES string of the molecule is CCCCCCC1(CCCCCC)c2cc(C)c(C)cc2-c2cc(C)c(C)cc21. The van der Waals surface area contributed by atoms with Crippen molar-refractivity contribution in [2.75, 3.05) is 0 Å². The Morgan fingerprint density at radius 1 is 0.517 bits per heavy atom. The standard InChI is InChI=1S/C29H42/c1-7-9-11-13-15-29(16-14-12-10-8-2)27-19-23(5)21(3)17-25(27)26-18-22(4)24(6)20-28(26)29/h17-20H,7-16H2,1-6H3. The second-order valence-electron chi connectivity index (χ2n) is 9.67. The molecular formula is C29H42. The number of hydrogen-bond acceptors (Lipinski definition) is 0. The van der Waals surface area contributed by atoms with Crippen molar-refractivity contribution in [3.63, 3.8) is 0 Å². The normalized spacial score (nSPS) is 14.1. The maximum atomic E-state index is 2.55. The molecule has 0 N–H and O–H groups in total. The predicted octanol–water partition coefficient (Wildman–Crippen LogP) is 9.13. The minimum Gasteiger partial charge on any atom is -0.0654 e. The Morgan fingerprint density at radius 2 is 0.897 bits per heavy atom. The van der Waals surface area contributed by atoms with Gasteiger partial charge >= 0.3 is 0 Å². The molecule has 0 atom stereocenters. The minimum atomic E-state index is 0.225. The van der Waals surface area contributed by atoms with E-state index < -0.39 is 0 Å². The Labute approximate surface area is 180 Å². The van der Waals surface area contributed by atoms with E-state index in [2.05, 4.69) is 65.8 Å². The quantitative estimate of drug-likeness (QED) is 0.355. The van der Waals surface area contributed by atoms with Crippen LogP contribution in [-0.4, -0.2) is 0 Å². The van der Waals surface area contributed by atoms with Gasteiger partial charge in [-0.2, -0.15) is 0 Å². The number of benzene rings is 2. The van der Waals surface area contributed by atoms with E-state index in [1.807, 2.05) is 0 Å². The van der Waals surface area contributed by atoms with Gasteiger partial charge in [-0.3, -0.25) is 0 Å². The average Bonchev–Trinajstić information content (AvgIpc) is 2.93. The Morgan fingerprint density at radius 3 is 1.28 bits per heavy atom. The molecule has 0 aliphatic heterocycles. The molecule has 29 heavy (non-hydrogen) atoms. The van der Waals surface area contributed by atoms with Crippen LogP contribution in [0.3, 0.4) is 0 Å². The van der Waals surface area contributed by atoms with Crippen LogP contribution < -0.4 is 0 Å². The molecule has 0 saturated heterocycles. The lowest BCUT2D eigenvalue weighted by atomic mass is 9.70. The highest BCUT2D eigenvalue weighted by Crippen LogP contribution is 2.55. The lowest BCUT2D eigenvalue weighted by Crippen LogP contribution is -2.26. The van der Waals surface area contributed by atoms with E-state index >= 15 is 0 Å². The summed E-state index contributed by atoms with van der Waals surface area (Å²) >= 11 is 0. The number of fused-ring (bicyclic) bond motifs is 3. The van der Waals surface area contributed by atoms with Crippen molar-refractivity contribution in [3.8, 4) is 11.1 Å². The molecule has 0 nitrogen and oxygen atoms in total. The Bertz CT molecular complexity index is 768. The highest BCUT2D eigenvalue weighted by Gasteiger charge is 2.42. The zero-order valence-electron chi connectivity index (χ0n) is 19.9. The van der Waals surface area contributed by atoms with E-state index in [1.165, 1.54) is 97.6 Å². The third kappa shape index (κ3) is 4.32. The van der Waals surface area contributed by atoms with Crippen LogP contribution in [0, 0.1) is 27.7 Å². The summed E-state index contributed by atoms with van der Waals surface area (Å²) in [5, 5.41) is 0. The first kappa shape index (κ1) is 22.1. The Kier molecular flexibility index (Phi) is 7.25. The largest absolute Gasteiger partial charge is 0.0654 e. The molecule has 0 radical (unpaired) electrons. The van der Waals surface area contributed by atoms with Crippen molar-refractivity contribution in [1.29, 1.82) is 0 Å². The summed E-state index contributed by atoms with van der Waals surface area (Å²) in [5.41, 5.74) is 12.3. The summed E-state index contributed by atoms with van der Waals surface area (Å²) < 4.78 is 0. The summed E-state index contributed by atoms with van der Waals surface area (Å²) in [6, 6.07) is 10.1. The monoisotopic (exact) mass is 390 g/mol. The molecule has 0 unspecified atom stereocenters. The fourth-order valence-electron chi connectivity index (χ4n) is 5.39. The van der Waals surface area contributed by atoms with Crippen LogP contribution in [-0.2, 0) is 5.41 Å². The van der Waals surface area contributed by atoms with Gasteiger partial charge in [0.15, 0.2) is 0 Å². The van der Waals surface area contributed by atoms with Gasteiger partial charge < -0.3 is 0 Å². The predicted molar refractivity (Wildman–Crippen MR) is 129 cm³/mol. The van der Waals surface area contributed by atoms with Gasteiger partial charge in [-0.25, -0.2) is 0 Å². The Hall–Kier alpha value is -1.56. The lowest BCUT2D eigenvalue weighted by molar-refractivity contribution is 0.400. The van der Waals surface area contributed by atoms with E-state index in [-0.39, 0.29) is 5.41 Å². The molecule has 0 aromatic heterocycles. The van der Waals surface area contributed by atoms with Crippen molar-refractivity contribution in [3.05, 3.63) is 57.6 Å². The molecule has 1 aliphatic rings. The second kappa shape index (κ2) is 9.50. The van der Waals surface area contributed by atoms with Crippen LogP contribution in [0.1, 0.15) is 111 Å². The molecular weight excluding hydrogens is 348 g/mol. The maximum Gasteiger partial charge on any atom is 0.0215 e. The van der Waals surface area contributed by atoms with Gasteiger partial charge in [0.25, 0.3) is 0 Å². The first-order valence-electron chi connectivity index (χ1n) is 12.2. The molecule has 3 rings (SSSR count). The summed E-state index contributed by atoms with van der Waals surface area (Å²) in [6.45, 7) is 13.8. The number of rotatable bonds is 10. The molecule has 0 heteroatoms.